The Hall–Kier alpha value is -2.82. The van der Waals surface area contributed by atoms with Crippen LogP contribution in [0.5, 0.6) is 0 Å². The number of hydrogen-bond acceptors (Lipinski definition) is 3. The normalized spacial score (nSPS) is 20.4. The number of nitrogen functional groups attached to an aromatic ring is 1. The molecule has 5 heteroatoms. The zero-order chi connectivity index (χ0) is 16.4. The van der Waals surface area contributed by atoms with E-state index in [9.17, 15) is 14.7 Å². The fraction of sp³-hybridized carbons (Fsp3) is 0.222. The van der Waals surface area contributed by atoms with Gasteiger partial charge in [-0.25, -0.2) is 0 Å². The summed E-state index contributed by atoms with van der Waals surface area (Å²) in [5, 5.41) is 9.51. The third kappa shape index (κ3) is 3.04. The minimum absolute atomic E-state index is 0.130. The highest BCUT2D eigenvalue weighted by Gasteiger charge is 2.40. The first kappa shape index (κ1) is 15.1. The lowest BCUT2D eigenvalue weighted by molar-refractivity contribution is -0.141. The van der Waals surface area contributed by atoms with E-state index in [4.69, 9.17) is 5.73 Å². The first-order valence-electron chi connectivity index (χ1n) is 7.49. The van der Waals surface area contributed by atoms with E-state index < -0.39 is 11.9 Å². The summed E-state index contributed by atoms with van der Waals surface area (Å²) in [5.74, 6) is -1.84. The number of benzene rings is 2. The Labute approximate surface area is 134 Å². The molecule has 2 aromatic rings. The van der Waals surface area contributed by atoms with Crippen LogP contribution >= 0.6 is 0 Å². The minimum atomic E-state index is -0.879. The molecule has 1 aliphatic heterocycles. The molecule has 0 aromatic heterocycles. The van der Waals surface area contributed by atoms with E-state index in [1.165, 1.54) is 0 Å². The zero-order valence-electron chi connectivity index (χ0n) is 12.6. The van der Waals surface area contributed by atoms with Crippen molar-refractivity contribution in [1.29, 1.82) is 0 Å². The molecular formula is C18H18N2O3. The summed E-state index contributed by atoms with van der Waals surface area (Å²) in [6, 6.07) is 16.1. The van der Waals surface area contributed by atoms with Gasteiger partial charge in [0, 0.05) is 30.3 Å². The number of amides is 1. The number of nitrogens with zero attached hydrogens (tertiary/aromatic N) is 1. The fourth-order valence-corrected chi connectivity index (χ4v) is 3.06. The Morgan fingerprint density at radius 1 is 1.00 bits per heavy atom. The summed E-state index contributed by atoms with van der Waals surface area (Å²) in [5.41, 5.74) is 7.80. The molecular weight excluding hydrogens is 292 g/mol. The lowest BCUT2D eigenvalue weighted by Crippen LogP contribution is -2.29. The smallest absolute Gasteiger partial charge is 0.308 e. The van der Waals surface area contributed by atoms with Crippen LogP contribution in [0.2, 0.25) is 0 Å². The van der Waals surface area contributed by atoms with Crippen LogP contribution in [-0.4, -0.2) is 35.0 Å². The molecule has 3 N–H and O–H groups in total. The number of carboxylic acid groups (broad SMARTS) is 1. The summed E-state index contributed by atoms with van der Waals surface area (Å²) in [6.45, 7) is 0.618. The molecule has 1 amide bonds. The van der Waals surface area contributed by atoms with Gasteiger partial charge in [-0.3, -0.25) is 9.59 Å². The van der Waals surface area contributed by atoms with Crippen molar-refractivity contribution in [2.75, 3.05) is 18.8 Å². The highest BCUT2D eigenvalue weighted by molar-refractivity contribution is 5.95. The van der Waals surface area contributed by atoms with E-state index in [0.717, 1.165) is 5.56 Å². The number of rotatable bonds is 3. The number of aliphatic carboxylic acids is 1. The summed E-state index contributed by atoms with van der Waals surface area (Å²) in [6.07, 6.45) is 0. The molecule has 2 aromatic carbocycles. The molecule has 23 heavy (non-hydrogen) atoms. The van der Waals surface area contributed by atoms with Crippen LogP contribution in [0.4, 0.5) is 5.69 Å². The fourth-order valence-electron chi connectivity index (χ4n) is 3.06. The van der Waals surface area contributed by atoms with Crippen molar-refractivity contribution in [2.24, 2.45) is 5.92 Å². The van der Waals surface area contributed by atoms with Gasteiger partial charge in [-0.15, -0.1) is 0 Å². The second-order valence-electron chi connectivity index (χ2n) is 5.79. The van der Waals surface area contributed by atoms with Gasteiger partial charge in [0.05, 0.1) is 5.92 Å². The van der Waals surface area contributed by atoms with Crippen molar-refractivity contribution in [3.63, 3.8) is 0 Å². The Morgan fingerprint density at radius 3 is 2.26 bits per heavy atom. The van der Waals surface area contributed by atoms with Gasteiger partial charge in [0.1, 0.15) is 0 Å². The van der Waals surface area contributed by atoms with Gasteiger partial charge >= 0.3 is 5.97 Å². The molecule has 1 fully saturated rings. The van der Waals surface area contributed by atoms with Crippen molar-refractivity contribution in [3.05, 3.63) is 65.7 Å². The van der Waals surface area contributed by atoms with Crippen molar-refractivity contribution < 1.29 is 14.7 Å². The summed E-state index contributed by atoms with van der Waals surface area (Å²) < 4.78 is 0. The Morgan fingerprint density at radius 2 is 1.65 bits per heavy atom. The SMILES string of the molecule is Nc1ccc(C2CN(C(=O)c3ccccc3)CC2C(=O)O)cc1. The number of carboxylic acids is 1. The largest absolute Gasteiger partial charge is 0.481 e. The lowest BCUT2D eigenvalue weighted by atomic mass is 9.89. The molecule has 1 aliphatic rings. The van der Waals surface area contributed by atoms with E-state index in [1.807, 2.05) is 18.2 Å². The molecule has 2 unspecified atom stereocenters. The van der Waals surface area contributed by atoms with Crippen molar-refractivity contribution in [2.45, 2.75) is 5.92 Å². The average Bonchev–Trinajstić information content (AvgIpc) is 3.01. The molecule has 0 spiro atoms. The van der Waals surface area contributed by atoms with Gasteiger partial charge < -0.3 is 15.7 Å². The van der Waals surface area contributed by atoms with Crippen molar-refractivity contribution in [1.82, 2.24) is 4.90 Å². The number of anilines is 1. The second kappa shape index (κ2) is 6.12. The summed E-state index contributed by atoms with van der Waals surface area (Å²) >= 11 is 0. The molecule has 118 valence electrons. The minimum Gasteiger partial charge on any atom is -0.481 e. The lowest BCUT2D eigenvalue weighted by Gasteiger charge is -2.16. The van der Waals surface area contributed by atoms with E-state index >= 15 is 0 Å². The zero-order valence-corrected chi connectivity index (χ0v) is 12.6. The maximum absolute atomic E-state index is 12.6. The van der Waals surface area contributed by atoms with Crippen LogP contribution in [0.25, 0.3) is 0 Å². The molecule has 0 radical (unpaired) electrons. The Bertz CT molecular complexity index is 713. The molecule has 3 rings (SSSR count). The average molecular weight is 310 g/mol. The topological polar surface area (TPSA) is 83.6 Å². The first-order chi connectivity index (χ1) is 11.1. The van der Waals surface area contributed by atoms with E-state index in [2.05, 4.69) is 0 Å². The Kier molecular flexibility index (Phi) is 4.02. The van der Waals surface area contributed by atoms with Gasteiger partial charge in [0.15, 0.2) is 0 Å². The molecule has 0 saturated carbocycles. The first-order valence-corrected chi connectivity index (χ1v) is 7.49. The molecule has 0 aliphatic carbocycles. The predicted octanol–water partition coefficient (Wildman–Crippen LogP) is 2.21. The second-order valence-corrected chi connectivity index (χ2v) is 5.79. The quantitative estimate of drug-likeness (QED) is 0.851. The van der Waals surface area contributed by atoms with Crippen molar-refractivity contribution >= 4 is 17.6 Å². The molecule has 0 bridgehead atoms. The van der Waals surface area contributed by atoms with Gasteiger partial charge in [-0.05, 0) is 29.8 Å². The number of hydrogen-bond donors (Lipinski definition) is 2. The third-order valence-electron chi connectivity index (χ3n) is 4.31. The third-order valence-corrected chi connectivity index (χ3v) is 4.31. The van der Waals surface area contributed by atoms with Gasteiger partial charge in [0.25, 0.3) is 5.91 Å². The summed E-state index contributed by atoms with van der Waals surface area (Å²) in [4.78, 5) is 25.8. The van der Waals surface area contributed by atoms with Crippen LogP contribution in [0, 0.1) is 5.92 Å². The molecule has 2 atom stereocenters. The van der Waals surface area contributed by atoms with Crippen LogP contribution < -0.4 is 5.73 Å². The number of likely N-dealkylation sites (tertiary alicyclic amines) is 1. The molecule has 1 saturated heterocycles. The van der Waals surface area contributed by atoms with E-state index in [-0.39, 0.29) is 18.4 Å². The van der Waals surface area contributed by atoms with Crippen LogP contribution in [0.15, 0.2) is 54.6 Å². The van der Waals surface area contributed by atoms with Gasteiger partial charge in [-0.1, -0.05) is 30.3 Å². The highest BCUT2D eigenvalue weighted by Crippen LogP contribution is 2.34. The van der Waals surface area contributed by atoms with E-state index in [0.29, 0.717) is 17.8 Å². The summed E-state index contributed by atoms with van der Waals surface area (Å²) in [7, 11) is 0. The molecule has 1 heterocycles. The molecule has 5 nitrogen and oxygen atoms in total. The monoisotopic (exact) mass is 310 g/mol. The number of nitrogens with two attached hydrogens (primary N) is 1. The highest BCUT2D eigenvalue weighted by atomic mass is 16.4. The maximum atomic E-state index is 12.6. The predicted molar refractivity (Wildman–Crippen MR) is 87.1 cm³/mol. The maximum Gasteiger partial charge on any atom is 0.308 e. The number of carbonyl (C=O) groups excluding carboxylic acids is 1. The Balaban J connectivity index is 1.85. The number of carbonyl (C=O) groups is 2. The van der Waals surface area contributed by atoms with Crippen LogP contribution in [-0.2, 0) is 4.79 Å². The van der Waals surface area contributed by atoms with E-state index in [1.54, 1.807) is 41.3 Å². The standard InChI is InChI=1S/C18H18N2O3/c19-14-8-6-12(7-9-14)15-10-20(11-16(15)18(22)23)17(21)13-4-2-1-3-5-13/h1-9,15-16H,10-11,19H2,(H,22,23). The van der Waals surface area contributed by atoms with Crippen molar-refractivity contribution in [3.8, 4) is 0 Å². The van der Waals surface area contributed by atoms with Gasteiger partial charge in [-0.2, -0.15) is 0 Å². The van der Waals surface area contributed by atoms with Gasteiger partial charge in [0.2, 0.25) is 0 Å². The van der Waals surface area contributed by atoms with Crippen LogP contribution in [0.1, 0.15) is 21.8 Å². The van der Waals surface area contributed by atoms with Crippen LogP contribution in [0.3, 0.4) is 0 Å².